The highest BCUT2D eigenvalue weighted by atomic mass is 16.5. The third-order valence-electron chi connectivity index (χ3n) is 4.13. The number of ether oxygens (including phenoxy) is 1. The standard InChI is InChI=1S/C14H29NO/c1-12(10-11-16-3)14(15-2)13-8-6-4-5-7-9-13/h12-15H,4-11H2,1-3H3. The summed E-state index contributed by atoms with van der Waals surface area (Å²) in [7, 11) is 3.92. The third-order valence-corrected chi connectivity index (χ3v) is 4.13. The highest BCUT2D eigenvalue weighted by Gasteiger charge is 2.25. The Balaban J connectivity index is 2.43. The van der Waals surface area contributed by atoms with Gasteiger partial charge in [0.25, 0.3) is 0 Å². The average molecular weight is 227 g/mol. The van der Waals surface area contributed by atoms with Crippen LogP contribution in [0.2, 0.25) is 0 Å². The molecule has 1 N–H and O–H groups in total. The van der Waals surface area contributed by atoms with E-state index in [1.165, 1.54) is 44.9 Å². The van der Waals surface area contributed by atoms with Crippen LogP contribution in [0, 0.1) is 11.8 Å². The van der Waals surface area contributed by atoms with Gasteiger partial charge in [-0.2, -0.15) is 0 Å². The maximum atomic E-state index is 5.19. The Bertz CT molecular complexity index is 164. The Morgan fingerprint density at radius 3 is 2.31 bits per heavy atom. The smallest absolute Gasteiger partial charge is 0.0465 e. The molecule has 2 heteroatoms. The summed E-state index contributed by atoms with van der Waals surface area (Å²) in [5.41, 5.74) is 0. The number of hydrogen-bond donors (Lipinski definition) is 1. The van der Waals surface area contributed by atoms with Crippen LogP contribution in [0.25, 0.3) is 0 Å². The summed E-state index contributed by atoms with van der Waals surface area (Å²) in [6.07, 6.45) is 9.77. The van der Waals surface area contributed by atoms with Crippen molar-refractivity contribution >= 4 is 0 Å². The van der Waals surface area contributed by atoms with E-state index in [2.05, 4.69) is 19.3 Å². The highest BCUT2D eigenvalue weighted by molar-refractivity contribution is 4.81. The first kappa shape index (κ1) is 14.0. The molecule has 1 aliphatic carbocycles. The molecule has 0 aliphatic heterocycles. The Morgan fingerprint density at radius 2 is 1.81 bits per heavy atom. The van der Waals surface area contributed by atoms with E-state index >= 15 is 0 Å². The fourth-order valence-corrected chi connectivity index (χ4v) is 3.14. The van der Waals surface area contributed by atoms with Crippen molar-refractivity contribution < 1.29 is 4.74 Å². The van der Waals surface area contributed by atoms with Crippen molar-refractivity contribution in [3.8, 4) is 0 Å². The maximum absolute atomic E-state index is 5.19. The lowest BCUT2D eigenvalue weighted by Gasteiger charge is -2.31. The summed E-state index contributed by atoms with van der Waals surface area (Å²) in [6, 6.07) is 0.688. The van der Waals surface area contributed by atoms with Crippen LogP contribution >= 0.6 is 0 Å². The molecule has 2 atom stereocenters. The van der Waals surface area contributed by atoms with Gasteiger partial charge in [0.1, 0.15) is 0 Å². The van der Waals surface area contributed by atoms with Crippen LogP contribution < -0.4 is 5.32 Å². The summed E-state index contributed by atoms with van der Waals surface area (Å²) in [6.45, 7) is 3.26. The lowest BCUT2D eigenvalue weighted by atomic mass is 9.83. The average Bonchev–Trinajstić information content (AvgIpc) is 2.56. The molecule has 2 nitrogen and oxygen atoms in total. The van der Waals surface area contributed by atoms with E-state index in [4.69, 9.17) is 4.74 Å². The Labute approximate surface area is 101 Å². The van der Waals surface area contributed by atoms with Gasteiger partial charge in [0.2, 0.25) is 0 Å². The molecule has 0 radical (unpaired) electrons. The number of rotatable bonds is 6. The van der Waals surface area contributed by atoms with Gasteiger partial charge in [-0.25, -0.2) is 0 Å². The first-order chi connectivity index (χ1) is 7.79. The summed E-state index contributed by atoms with van der Waals surface area (Å²) < 4.78 is 5.19. The van der Waals surface area contributed by atoms with E-state index in [0.717, 1.165) is 18.4 Å². The molecular formula is C14H29NO. The third kappa shape index (κ3) is 4.42. The van der Waals surface area contributed by atoms with Gasteiger partial charge in [0, 0.05) is 19.8 Å². The molecule has 0 spiro atoms. The highest BCUT2D eigenvalue weighted by Crippen LogP contribution is 2.29. The predicted molar refractivity (Wildman–Crippen MR) is 69.7 cm³/mol. The van der Waals surface area contributed by atoms with Gasteiger partial charge < -0.3 is 10.1 Å². The van der Waals surface area contributed by atoms with Crippen molar-refractivity contribution in [2.75, 3.05) is 20.8 Å². The SMILES string of the molecule is CNC(C(C)CCOC)C1CCCCCC1. The second-order valence-electron chi connectivity index (χ2n) is 5.32. The topological polar surface area (TPSA) is 21.3 Å². The molecule has 0 saturated heterocycles. The minimum absolute atomic E-state index is 0.688. The van der Waals surface area contributed by atoms with Crippen molar-refractivity contribution in [3.63, 3.8) is 0 Å². The lowest BCUT2D eigenvalue weighted by molar-refractivity contribution is 0.156. The van der Waals surface area contributed by atoms with Crippen molar-refractivity contribution in [1.29, 1.82) is 0 Å². The first-order valence-corrected chi connectivity index (χ1v) is 6.95. The quantitative estimate of drug-likeness (QED) is 0.704. The molecular weight excluding hydrogens is 198 g/mol. The zero-order valence-electron chi connectivity index (χ0n) is 11.3. The van der Waals surface area contributed by atoms with E-state index in [1.807, 2.05) is 0 Å². The molecule has 2 unspecified atom stereocenters. The molecule has 1 rings (SSSR count). The normalized spacial score (nSPS) is 22.7. The largest absolute Gasteiger partial charge is 0.385 e. The summed E-state index contributed by atoms with van der Waals surface area (Å²) in [5.74, 6) is 1.62. The molecule has 1 saturated carbocycles. The molecule has 1 aliphatic rings. The van der Waals surface area contributed by atoms with E-state index < -0.39 is 0 Å². The Kier molecular flexibility index (Phi) is 7.06. The summed E-state index contributed by atoms with van der Waals surface area (Å²) in [5, 5.41) is 3.55. The zero-order valence-corrected chi connectivity index (χ0v) is 11.3. The first-order valence-electron chi connectivity index (χ1n) is 6.95. The lowest BCUT2D eigenvalue weighted by Crippen LogP contribution is -2.39. The molecule has 0 bridgehead atoms. The van der Waals surface area contributed by atoms with Crippen LogP contribution in [0.15, 0.2) is 0 Å². The Hall–Kier alpha value is -0.0800. The van der Waals surface area contributed by atoms with E-state index in [9.17, 15) is 0 Å². The fourth-order valence-electron chi connectivity index (χ4n) is 3.14. The molecule has 1 fully saturated rings. The maximum Gasteiger partial charge on any atom is 0.0465 e. The van der Waals surface area contributed by atoms with Crippen molar-refractivity contribution in [2.45, 2.75) is 57.9 Å². The van der Waals surface area contributed by atoms with Crippen molar-refractivity contribution in [3.05, 3.63) is 0 Å². The molecule has 0 aromatic heterocycles. The minimum Gasteiger partial charge on any atom is -0.385 e. The van der Waals surface area contributed by atoms with Gasteiger partial charge in [-0.15, -0.1) is 0 Å². The van der Waals surface area contributed by atoms with Gasteiger partial charge >= 0.3 is 0 Å². The number of methoxy groups -OCH3 is 1. The number of hydrogen-bond acceptors (Lipinski definition) is 2. The molecule has 0 amide bonds. The van der Waals surface area contributed by atoms with Crippen LogP contribution in [-0.2, 0) is 4.74 Å². The second kappa shape index (κ2) is 8.08. The van der Waals surface area contributed by atoms with E-state index in [-0.39, 0.29) is 0 Å². The molecule has 16 heavy (non-hydrogen) atoms. The molecule has 96 valence electrons. The molecule has 0 heterocycles. The van der Waals surface area contributed by atoms with Gasteiger partial charge in [-0.1, -0.05) is 32.6 Å². The van der Waals surface area contributed by atoms with Gasteiger partial charge in [0.05, 0.1) is 0 Å². The second-order valence-corrected chi connectivity index (χ2v) is 5.32. The predicted octanol–water partition coefficient (Wildman–Crippen LogP) is 3.22. The summed E-state index contributed by atoms with van der Waals surface area (Å²) >= 11 is 0. The van der Waals surface area contributed by atoms with Crippen LogP contribution in [0.5, 0.6) is 0 Å². The van der Waals surface area contributed by atoms with Gasteiger partial charge in [0.15, 0.2) is 0 Å². The fraction of sp³-hybridized carbons (Fsp3) is 1.00. The van der Waals surface area contributed by atoms with Crippen LogP contribution in [-0.4, -0.2) is 26.8 Å². The van der Waals surface area contributed by atoms with Gasteiger partial charge in [-0.3, -0.25) is 0 Å². The monoisotopic (exact) mass is 227 g/mol. The molecule has 0 aromatic rings. The van der Waals surface area contributed by atoms with Gasteiger partial charge in [-0.05, 0) is 38.1 Å². The molecule has 0 aromatic carbocycles. The van der Waals surface area contributed by atoms with E-state index in [0.29, 0.717) is 6.04 Å². The zero-order chi connectivity index (χ0) is 11.8. The van der Waals surface area contributed by atoms with E-state index in [1.54, 1.807) is 7.11 Å². The summed E-state index contributed by atoms with van der Waals surface area (Å²) in [4.78, 5) is 0. The van der Waals surface area contributed by atoms with Crippen LogP contribution in [0.4, 0.5) is 0 Å². The minimum atomic E-state index is 0.688. The van der Waals surface area contributed by atoms with Crippen LogP contribution in [0.3, 0.4) is 0 Å². The van der Waals surface area contributed by atoms with Crippen LogP contribution in [0.1, 0.15) is 51.9 Å². The van der Waals surface area contributed by atoms with Crippen molar-refractivity contribution in [2.24, 2.45) is 11.8 Å². The number of nitrogens with one attached hydrogen (secondary N) is 1. The van der Waals surface area contributed by atoms with Crippen molar-refractivity contribution in [1.82, 2.24) is 5.32 Å². The Morgan fingerprint density at radius 1 is 1.19 bits per heavy atom.